The van der Waals surface area contributed by atoms with E-state index in [9.17, 15) is 4.79 Å². The Bertz CT molecular complexity index is 1180. The van der Waals surface area contributed by atoms with E-state index in [1.165, 1.54) is 0 Å². The summed E-state index contributed by atoms with van der Waals surface area (Å²) < 4.78 is 0. The molecule has 6 heteroatoms. The molecule has 2 aromatic heterocycles. The Hall–Kier alpha value is -3.44. The standard InChI is InChI=1S/C23H17ClN4O/c1-14-4-10-18(11-5-14)28-22(16-3-2-12-25-13-16)19-20(26-27-21(19)23(28)29)15-6-8-17(24)9-7-15/h2-13,22H,1H3,(H,26,27)/t22-/m0/s1. The van der Waals surface area contributed by atoms with Crippen LogP contribution in [0.2, 0.25) is 5.02 Å². The van der Waals surface area contributed by atoms with Gasteiger partial charge in [-0.3, -0.25) is 19.8 Å². The highest BCUT2D eigenvalue weighted by atomic mass is 35.5. The van der Waals surface area contributed by atoms with Crippen LogP contribution in [0.1, 0.15) is 33.2 Å². The van der Waals surface area contributed by atoms with Gasteiger partial charge in [0.1, 0.15) is 5.69 Å². The van der Waals surface area contributed by atoms with Crippen molar-refractivity contribution in [2.75, 3.05) is 4.90 Å². The molecule has 0 bridgehead atoms. The molecule has 4 aromatic rings. The molecule has 0 radical (unpaired) electrons. The van der Waals surface area contributed by atoms with Crippen molar-refractivity contribution < 1.29 is 4.79 Å². The summed E-state index contributed by atoms with van der Waals surface area (Å²) in [6.07, 6.45) is 3.53. The Labute approximate surface area is 173 Å². The van der Waals surface area contributed by atoms with Crippen LogP contribution >= 0.6 is 11.6 Å². The van der Waals surface area contributed by atoms with Gasteiger partial charge in [0.2, 0.25) is 0 Å². The Morgan fingerprint density at radius 1 is 1.03 bits per heavy atom. The summed E-state index contributed by atoms with van der Waals surface area (Å²) in [7, 11) is 0. The van der Waals surface area contributed by atoms with Crippen LogP contribution in [-0.4, -0.2) is 21.1 Å². The Kier molecular flexibility index (Phi) is 4.18. The molecule has 1 N–H and O–H groups in total. The van der Waals surface area contributed by atoms with Gasteiger partial charge in [0, 0.05) is 34.2 Å². The van der Waals surface area contributed by atoms with E-state index in [2.05, 4.69) is 15.2 Å². The molecule has 0 unspecified atom stereocenters. The quantitative estimate of drug-likeness (QED) is 0.515. The predicted molar refractivity (Wildman–Crippen MR) is 113 cm³/mol. The molecule has 0 saturated heterocycles. The number of pyridine rings is 1. The molecule has 1 amide bonds. The van der Waals surface area contributed by atoms with E-state index in [1.807, 2.05) is 67.6 Å². The Morgan fingerprint density at radius 2 is 1.79 bits per heavy atom. The van der Waals surface area contributed by atoms with Gasteiger partial charge in [-0.2, -0.15) is 5.10 Å². The number of aromatic amines is 1. The summed E-state index contributed by atoms with van der Waals surface area (Å²) in [5.74, 6) is -0.106. The largest absolute Gasteiger partial charge is 0.295 e. The number of fused-ring (bicyclic) bond motifs is 1. The van der Waals surface area contributed by atoms with Crippen LogP contribution in [0, 0.1) is 6.92 Å². The molecular formula is C23H17ClN4O. The van der Waals surface area contributed by atoms with Crippen molar-refractivity contribution in [1.82, 2.24) is 15.2 Å². The second kappa shape index (κ2) is 6.87. The van der Waals surface area contributed by atoms with E-state index in [1.54, 1.807) is 17.3 Å². The summed E-state index contributed by atoms with van der Waals surface area (Å²) >= 11 is 6.06. The van der Waals surface area contributed by atoms with Gasteiger partial charge in [-0.05, 0) is 42.8 Å². The lowest BCUT2D eigenvalue weighted by atomic mass is 9.97. The number of nitrogens with zero attached hydrogens (tertiary/aromatic N) is 3. The van der Waals surface area contributed by atoms with Crippen LogP contribution in [-0.2, 0) is 0 Å². The summed E-state index contributed by atoms with van der Waals surface area (Å²) in [6, 6.07) is 19.0. The number of nitrogens with one attached hydrogen (secondary N) is 1. The van der Waals surface area contributed by atoms with Crippen molar-refractivity contribution in [2.45, 2.75) is 13.0 Å². The number of carbonyl (C=O) groups excluding carboxylic acids is 1. The fourth-order valence-electron chi connectivity index (χ4n) is 3.80. The number of rotatable bonds is 3. The first kappa shape index (κ1) is 17.6. The smallest absolute Gasteiger partial charge is 0.277 e. The Balaban J connectivity index is 1.71. The molecule has 5 nitrogen and oxygen atoms in total. The highest BCUT2D eigenvalue weighted by Gasteiger charge is 2.43. The minimum Gasteiger partial charge on any atom is -0.295 e. The van der Waals surface area contributed by atoms with Gasteiger partial charge in [-0.25, -0.2) is 0 Å². The number of H-pyrrole nitrogens is 1. The molecule has 0 saturated carbocycles. The number of aromatic nitrogens is 3. The zero-order valence-corrected chi connectivity index (χ0v) is 16.4. The van der Waals surface area contributed by atoms with Crippen LogP contribution in [0.25, 0.3) is 11.3 Å². The number of aryl methyl sites for hydroxylation is 1. The summed E-state index contributed by atoms with van der Waals surface area (Å²) in [6.45, 7) is 2.03. The third kappa shape index (κ3) is 2.91. The number of benzene rings is 2. The maximum Gasteiger partial charge on any atom is 0.277 e. The van der Waals surface area contributed by atoms with Crippen molar-refractivity contribution in [3.05, 3.63) is 100 Å². The van der Waals surface area contributed by atoms with Crippen molar-refractivity contribution >= 4 is 23.2 Å². The fraction of sp³-hybridized carbons (Fsp3) is 0.0870. The molecule has 0 spiro atoms. The second-order valence-electron chi connectivity index (χ2n) is 7.07. The van der Waals surface area contributed by atoms with Gasteiger partial charge >= 0.3 is 0 Å². The molecule has 142 valence electrons. The maximum absolute atomic E-state index is 13.4. The van der Waals surface area contributed by atoms with E-state index in [-0.39, 0.29) is 11.9 Å². The van der Waals surface area contributed by atoms with Gasteiger partial charge < -0.3 is 0 Å². The first-order valence-electron chi connectivity index (χ1n) is 9.28. The van der Waals surface area contributed by atoms with Gasteiger partial charge in [0.05, 0.1) is 11.7 Å². The van der Waals surface area contributed by atoms with Gasteiger partial charge in [-0.15, -0.1) is 0 Å². The zero-order chi connectivity index (χ0) is 20.0. The molecule has 3 heterocycles. The average molecular weight is 401 g/mol. The van der Waals surface area contributed by atoms with Gasteiger partial charge in [0.25, 0.3) is 5.91 Å². The van der Waals surface area contributed by atoms with Crippen LogP contribution in [0.4, 0.5) is 5.69 Å². The average Bonchev–Trinajstić information content (AvgIpc) is 3.29. The lowest BCUT2D eigenvalue weighted by Crippen LogP contribution is -2.29. The van der Waals surface area contributed by atoms with Crippen molar-refractivity contribution in [3.63, 3.8) is 0 Å². The maximum atomic E-state index is 13.4. The summed E-state index contributed by atoms with van der Waals surface area (Å²) in [5, 5.41) is 8.09. The predicted octanol–water partition coefficient (Wildman–Crippen LogP) is 5.18. The first-order valence-corrected chi connectivity index (χ1v) is 9.65. The lowest BCUT2D eigenvalue weighted by Gasteiger charge is -2.26. The number of carbonyl (C=O) groups is 1. The molecular weight excluding hydrogens is 384 g/mol. The summed E-state index contributed by atoms with van der Waals surface area (Å²) in [5.41, 5.74) is 5.90. The van der Waals surface area contributed by atoms with Gasteiger partial charge in [0.15, 0.2) is 0 Å². The highest BCUT2D eigenvalue weighted by molar-refractivity contribution is 6.30. The molecule has 1 aliphatic heterocycles. The zero-order valence-electron chi connectivity index (χ0n) is 15.6. The van der Waals surface area contributed by atoms with Crippen molar-refractivity contribution in [1.29, 1.82) is 0 Å². The number of hydrogen-bond donors (Lipinski definition) is 1. The SMILES string of the molecule is Cc1ccc(N2C(=O)c3[nH]nc(-c4ccc(Cl)cc4)c3[C@@H]2c2cccnc2)cc1. The van der Waals surface area contributed by atoms with Crippen LogP contribution in [0.5, 0.6) is 0 Å². The van der Waals surface area contributed by atoms with Gasteiger partial charge in [-0.1, -0.05) is 47.5 Å². The molecule has 2 aromatic carbocycles. The van der Waals surface area contributed by atoms with E-state index in [0.29, 0.717) is 10.7 Å². The van der Waals surface area contributed by atoms with Crippen LogP contribution < -0.4 is 4.90 Å². The first-order chi connectivity index (χ1) is 14.1. The van der Waals surface area contributed by atoms with Crippen molar-refractivity contribution in [2.24, 2.45) is 0 Å². The van der Waals surface area contributed by atoms with E-state index in [0.717, 1.165) is 33.6 Å². The van der Waals surface area contributed by atoms with Crippen molar-refractivity contribution in [3.8, 4) is 11.3 Å². The molecule has 29 heavy (non-hydrogen) atoms. The fourth-order valence-corrected chi connectivity index (χ4v) is 3.93. The highest BCUT2D eigenvalue weighted by Crippen LogP contribution is 2.44. The molecule has 1 atom stereocenters. The molecule has 1 aliphatic rings. The lowest BCUT2D eigenvalue weighted by molar-refractivity contribution is 0.0988. The third-order valence-corrected chi connectivity index (χ3v) is 5.45. The van der Waals surface area contributed by atoms with E-state index >= 15 is 0 Å². The topological polar surface area (TPSA) is 61.9 Å². The molecule has 0 aliphatic carbocycles. The van der Waals surface area contributed by atoms with E-state index < -0.39 is 0 Å². The minimum absolute atomic E-state index is 0.106. The molecule has 5 rings (SSSR count). The number of amides is 1. The number of halogens is 1. The summed E-state index contributed by atoms with van der Waals surface area (Å²) in [4.78, 5) is 19.5. The van der Waals surface area contributed by atoms with Crippen LogP contribution in [0.3, 0.4) is 0 Å². The minimum atomic E-state index is -0.321. The third-order valence-electron chi connectivity index (χ3n) is 5.20. The molecule has 0 fully saturated rings. The second-order valence-corrected chi connectivity index (χ2v) is 7.50. The van der Waals surface area contributed by atoms with E-state index in [4.69, 9.17) is 11.6 Å². The normalized spacial score (nSPS) is 15.6. The number of hydrogen-bond acceptors (Lipinski definition) is 3. The van der Waals surface area contributed by atoms with Crippen LogP contribution in [0.15, 0.2) is 73.1 Å². The Morgan fingerprint density at radius 3 is 2.48 bits per heavy atom. The monoisotopic (exact) mass is 400 g/mol. The number of anilines is 1.